The summed E-state index contributed by atoms with van der Waals surface area (Å²) in [7, 11) is 0. The van der Waals surface area contributed by atoms with Gasteiger partial charge in [0.15, 0.2) is 5.82 Å². The highest BCUT2D eigenvalue weighted by atomic mass is 16.1. The molecule has 0 aliphatic carbocycles. The molecule has 0 amide bonds. The summed E-state index contributed by atoms with van der Waals surface area (Å²) in [5, 5.41) is 0.920. The third-order valence-corrected chi connectivity index (χ3v) is 2.55. The van der Waals surface area contributed by atoms with Crippen molar-refractivity contribution in [1.82, 2.24) is 15.0 Å². The SMILES string of the molecule is O=C(c1ncc[nH]1)c1c[nH]c2ccccc12. The molecule has 0 aliphatic heterocycles. The molecule has 0 unspecified atom stereocenters. The molecule has 0 bridgehead atoms. The fourth-order valence-electron chi connectivity index (χ4n) is 1.78. The van der Waals surface area contributed by atoms with Gasteiger partial charge in [-0.3, -0.25) is 4.79 Å². The summed E-state index contributed by atoms with van der Waals surface area (Å²) in [6, 6.07) is 7.70. The zero-order chi connectivity index (χ0) is 11.0. The summed E-state index contributed by atoms with van der Waals surface area (Å²) in [4.78, 5) is 21.9. The maximum atomic E-state index is 12.1. The Bertz CT molecular complexity index is 637. The minimum atomic E-state index is -0.0950. The Hall–Kier alpha value is -2.36. The van der Waals surface area contributed by atoms with E-state index in [0.29, 0.717) is 11.4 Å². The van der Waals surface area contributed by atoms with E-state index in [1.54, 1.807) is 18.6 Å². The second-order valence-electron chi connectivity index (χ2n) is 3.51. The number of imidazole rings is 1. The van der Waals surface area contributed by atoms with Crippen molar-refractivity contribution in [3.05, 3.63) is 54.2 Å². The molecule has 1 aromatic carbocycles. The van der Waals surface area contributed by atoms with Crippen LogP contribution in [0.3, 0.4) is 0 Å². The van der Waals surface area contributed by atoms with Gasteiger partial charge in [-0.15, -0.1) is 0 Å². The Labute approximate surface area is 91.3 Å². The standard InChI is InChI=1S/C12H9N3O/c16-11(12-13-5-6-14-12)9-7-15-10-4-2-1-3-8(9)10/h1-7,15H,(H,13,14). The summed E-state index contributed by atoms with van der Waals surface area (Å²) in [5.74, 6) is 0.271. The van der Waals surface area contributed by atoms with Crippen LogP contribution >= 0.6 is 0 Å². The molecule has 0 aliphatic rings. The van der Waals surface area contributed by atoms with Crippen molar-refractivity contribution < 1.29 is 4.79 Å². The molecule has 0 spiro atoms. The number of H-pyrrole nitrogens is 2. The first-order valence-corrected chi connectivity index (χ1v) is 4.96. The number of aromatic nitrogens is 3. The third kappa shape index (κ3) is 1.24. The van der Waals surface area contributed by atoms with Gasteiger partial charge >= 0.3 is 0 Å². The summed E-state index contributed by atoms with van der Waals surface area (Å²) >= 11 is 0. The summed E-state index contributed by atoms with van der Waals surface area (Å²) in [6.45, 7) is 0. The van der Waals surface area contributed by atoms with Gasteiger partial charge in [0.1, 0.15) is 0 Å². The first kappa shape index (κ1) is 8.91. The molecular formula is C12H9N3O. The Kier molecular flexibility index (Phi) is 1.86. The Morgan fingerprint density at radius 3 is 2.88 bits per heavy atom. The number of para-hydroxylation sites is 1. The van der Waals surface area contributed by atoms with Crippen LogP contribution < -0.4 is 0 Å². The normalized spacial score (nSPS) is 10.8. The Morgan fingerprint density at radius 1 is 1.19 bits per heavy atom. The van der Waals surface area contributed by atoms with Gasteiger partial charge < -0.3 is 9.97 Å². The van der Waals surface area contributed by atoms with Crippen molar-refractivity contribution >= 4 is 16.7 Å². The van der Waals surface area contributed by atoms with Crippen LogP contribution in [0.5, 0.6) is 0 Å². The van der Waals surface area contributed by atoms with Gasteiger partial charge in [-0.25, -0.2) is 4.98 Å². The van der Waals surface area contributed by atoms with Crippen LogP contribution in [0, 0.1) is 0 Å². The minimum Gasteiger partial charge on any atom is -0.360 e. The average Bonchev–Trinajstić information content (AvgIpc) is 2.98. The average molecular weight is 211 g/mol. The summed E-state index contributed by atoms with van der Waals surface area (Å²) < 4.78 is 0. The third-order valence-electron chi connectivity index (χ3n) is 2.55. The number of carbonyl (C=O) groups is 1. The van der Waals surface area contributed by atoms with E-state index in [0.717, 1.165) is 10.9 Å². The van der Waals surface area contributed by atoms with Gasteiger partial charge in [0.25, 0.3) is 0 Å². The monoisotopic (exact) mass is 211 g/mol. The molecule has 0 atom stereocenters. The zero-order valence-corrected chi connectivity index (χ0v) is 8.40. The van der Waals surface area contributed by atoms with E-state index in [2.05, 4.69) is 15.0 Å². The molecule has 2 heterocycles. The molecule has 3 rings (SSSR count). The lowest BCUT2D eigenvalue weighted by Gasteiger charge is -1.94. The van der Waals surface area contributed by atoms with Crippen molar-refractivity contribution in [2.75, 3.05) is 0 Å². The predicted octanol–water partition coefficient (Wildman–Crippen LogP) is 2.12. The van der Waals surface area contributed by atoms with E-state index in [1.807, 2.05) is 24.3 Å². The second kappa shape index (κ2) is 3.34. The molecule has 16 heavy (non-hydrogen) atoms. The number of rotatable bonds is 2. The van der Waals surface area contributed by atoms with Gasteiger partial charge in [-0.1, -0.05) is 18.2 Å². The molecule has 2 aromatic heterocycles. The molecule has 0 fully saturated rings. The fraction of sp³-hybridized carbons (Fsp3) is 0. The maximum absolute atomic E-state index is 12.1. The number of carbonyl (C=O) groups excluding carboxylic acids is 1. The lowest BCUT2D eigenvalue weighted by molar-refractivity contribution is 0.103. The lowest BCUT2D eigenvalue weighted by atomic mass is 10.1. The smallest absolute Gasteiger partial charge is 0.230 e. The van der Waals surface area contributed by atoms with E-state index in [9.17, 15) is 4.79 Å². The fourth-order valence-corrected chi connectivity index (χ4v) is 1.78. The van der Waals surface area contributed by atoms with E-state index in [1.165, 1.54) is 0 Å². The number of aromatic amines is 2. The molecule has 2 N–H and O–H groups in total. The molecule has 4 nitrogen and oxygen atoms in total. The molecular weight excluding hydrogens is 202 g/mol. The number of ketones is 1. The quantitative estimate of drug-likeness (QED) is 0.638. The topological polar surface area (TPSA) is 61.5 Å². The van der Waals surface area contributed by atoms with Gasteiger partial charge in [0.05, 0.1) is 5.56 Å². The van der Waals surface area contributed by atoms with E-state index in [4.69, 9.17) is 0 Å². The second-order valence-corrected chi connectivity index (χ2v) is 3.51. The van der Waals surface area contributed by atoms with Crippen molar-refractivity contribution in [3.8, 4) is 0 Å². The van der Waals surface area contributed by atoms with Crippen molar-refractivity contribution in [2.45, 2.75) is 0 Å². The summed E-state index contributed by atoms with van der Waals surface area (Å²) in [5.41, 5.74) is 1.60. The molecule has 78 valence electrons. The number of hydrogen-bond acceptors (Lipinski definition) is 2. The highest BCUT2D eigenvalue weighted by molar-refractivity contribution is 6.14. The number of fused-ring (bicyclic) bond motifs is 1. The van der Waals surface area contributed by atoms with Gasteiger partial charge in [0.2, 0.25) is 5.78 Å². The van der Waals surface area contributed by atoms with Crippen LogP contribution in [0.4, 0.5) is 0 Å². The first-order chi connectivity index (χ1) is 7.86. The molecule has 3 aromatic rings. The highest BCUT2D eigenvalue weighted by Gasteiger charge is 2.15. The van der Waals surface area contributed by atoms with Crippen LogP contribution in [0.15, 0.2) is 42.9 Å². The van der Waals surface area contributed by atoms with Crippen LogP contribution in [0.2, 0.25) is 0 Å². The molecule has 0 saturated carbocycles. The Morgan fingerprint density at radius 2 is 2.06 bits per heavy atom. The predicted molar refractivity (Wildman–Crippen MR) is 60.3 cm³/mol. The number of hydrogen-bond donors (Lipinski definition) is 2. The largest absolute Gasteiger partial charge is 0.360 e. The van der Waals surface area contributed by atoms with E-state index >= 15 is 0 Å². The molecule has 0 radical (unpaired) electrons. The van der Waals surface area contributed by atoms with Crippen LogP contribution in [-0.4, -0.2) is 20.7 Å². The van der Waals surface area contributed by atoms with Gasteiger partial charge in [-0.2, -0.15) is 0 Å². The van der Waals surface area contributed by atoms with Crippen molar-refractivity contribution in [1.29, 1.82) is 0 Å². The number of benzene rings is 1. The molecule has 4 heteroatoms. The van der Waals surface area contributed by atoms with Crippen LogP contribution in [0.1, 0.15) is 16.2 Å². The minimum absolute atomic E-state index is 0.0950. The van der Waals surface area contributed by atoms with Crippen LogP contribution in [0.25, 0.3) is 10.9 Å². The van der Waals surface area contributed by atoms with E-state index < -0.39 is 0 Å². The first-order valence-electron chi connectivity index (χ1n) is 4.96. The van der Waals surface area contributed by atoms with E-state index in [-0.39, 0.29) is 5.78 Å². The maximum Gasteiger partial charge on any atom is 0.230 e. The number of nitrogens with zero attached hydrogens (tertiary/aromatic N) is 1. The summed E-state index contributed by atoms with van der Waals surface area (Å²) in [6.07, 6.45) is 4.93. The van der Waals surface area contributed by atoms with Crippen molar-refractivity contribution in [2.24, 2.45) is 0 Å². The molecule has 0 saturated heterocycles. The van der Waals surface area contributed by atoms with Crippen LogP contribution in [-0.2, 0) is 0 Å². The zero-order valence-electron chi connectivity index (χ0n) is 8.40. The Balaban J connectivity index is 2.16. The lowest BCUT2D eigenvalue weighted by Crippen LogP contribution is -2.02. The highest BCUT2D eigenvalue weighted by Crippen LogP contribution is 2.19. The number of nitrogens with one attached hydrogen (secondary N) is 2. The van der Waals surface area contributed by atoms with Crippen molar-refractivity contribution in [3.63, 3.8) is 0 Å². The van der Waals surface area contributed by atoms with Gasteiger partial charge in [-0.05, 0) is 6.07 Å². The van der Waals surface area contributed by atoms with Gasteiger partial charge in [0, 0.05) is 29.5 Å².